The Morgan fingerprint density at radius 3 is 2.43 bits per heavy atom. The summed E-state index contributed by atoms with van der Waals surface area (Å²) in [5, 5.41) is 0. The molecule has 164 valence electrons. The monoisotopic (exact) mass is 418 g/mol. The number of Topliss-reactive ketones (excluding diaryl/α,β-unsaturated/α-hetero) is 2. The summed E-state index contributed by atoms with van der Waals surface area (Å²) >= 11 is 0. The second kappa shape index (κ2) is 6.66. The molecule has 0 bridgehead atoms. The summed E-state index contributed by atoms with van der Waals surface area (Å²) in [4.78, 5) is 51.6. The number of hydrogen-bond acceptors (Lipinski definition) is 7. The van der Waals surface area contributed by atoms with Crippen molar-refractivity contribution < 1.29 is 33.4 Å². The van der Waals surface area contributed by atoms with Crippen LogP contribution in [-0.2, 0) is 33.4 Å². The van der Waals surface area contributed by atoms with Crippen LogP contribution in [0.15, 0.2) is 11.3 Å². The highest BCUT2D eigenvalue weighted by molar-refractivity contribution is 6.04. The molecule has 0 aromatic heterocycles. The number of esters is 2. The number of allylic oxidation sites excluding steroid dienone is 2. The van der Waals surface area contributed by atoms with Crippen molar-refractivity contribution >= 4 is 23.5 Å². The highest BCUT2D eigenvalue weighted by atomic mass is 16.6. The fourth-order valence-corrected chi connectivity index (χ4v) is 7.30. The smallest absolute Gasteiger partial charge is 0.306 e. The maximum Gasteiger partial charge on any atom is 0.306 e. The van der Waals surface area contributed by atoms with Crippen LogP contribution in [0.3, 0.4) is 0 Å². The molecule has 4 rings (SSSR count). The van der Waals surface area contributed by atoms with Gasteiger partial charge in [-0.25, -0.2) is 0 Å². The molecule has 30 heavy (non-hydrogen) atoms. The summed E-state index contributed by atoms with van der Waals surface area (Å²) < 4.78 is 16.7. The molecule has 1 saturated heterocycles. The van der Waals surface area contributed by atoms with Gasteiger partial charge in [0.1, 0.15) is 6.10 Å². The van der Waals surface area contributed by atoms with Crippen molar-refractivity contribution in [3.63, 3.8) is 0 Å². The molecule has 1 aliphatic heterocycles. The van der Waals surface area contributed by atoms with Crippen molar-refractivity contribution in [3.8, 4) is 0 Å². The molecule has 4 aliphatic rings. The minimum atomic E-state index is -1.04. The fraction of sp³-hybridized carbons (Fsp3) is 0.739. The van der Waals surface area contributed by atoms with Crippen LogP contribution in [0, 0.1) is 34.5 Å². The van der Waals surface area contributed by atoms with E-state index in [1.807, 2.05) is 27.7 Å². The van der Waals surface area contributed by atoms with Crippen LogP contribution in [0.25, 0.3) is 0 Å². The summed E-state index contributed by atoms with van der Waals surface area (Å²) in [5.41, 5.74) is -1.000. The number of carbonyl (C=O) groups excluding carboxylic acids is 4. The van der Waals surface area contributed by atoms with E-state index in [0.717, 1.165) is 5.57 Å². The van der Waals surface area contributed by atoms with Crippen molar-refractivity contribution in [2.24, 2.45) is 34.5 Å². The molecule has 0 aromatic rings. The summed E-state index contributed by atoms with van der Waals surface area (Å²) in [6.07, 6.45) is -0.215. The number of hydrogen-bond donors (Lipinski definition) is 0. The van der Waals surface area contributed by atoms with Crippen LogP contribution in [0.2, 0.25) is 0 Å². The lowest BCUT2D eigenvalue weighted by Gasteiger charge is -2.65. The molecule has 0 amide bonds. The Morgan fingerprint density at radius 2 is 1.83 bits per heavy atom. The third-order valence-corrected chi connectivity index (χ3v) is 8.52. The molecular weight excluding hydrogens is 388 g/mol. The average Bonchev–Trinajstić information content (AvgIpc) is 2.64. The molecule has 0 N–H and O–H groups in total. The Bertz CT molecular complexity index is 873. The summed E-state index contributed by atoms with van der Waals surface area (Å²) in [5.74, 6) is -2.05. The standard InChI is InChI=1S/C23H30O7/c1-10-7-15(29-12(3)24)21(27)23(5)13(10)8-16-22(4)14(9-17(25)30-16)11(2)19(28-6)18(26)20(22)23/h10,13-16,20H,7-9H2,1-6H3/t10-,13+,14+,15+,16+,20+,22-,23+/m1/s1. The predicted octanol–water partition coefficient (Wildman–Crippen LogP) is 2.61. The van der Waals surface area contributed by atoms with Crippen LogP contribution < -0.4 is 0 Å². The van der Waals surface area contributed by atoms with Crippen molar-refractivity contribution in [2.75, 3.05) is 7.11 Å². The fourth-order valence-electron chi connectivity index (χ4n) is 7.30. The molecular formula is C23H30O7. The molecule has 7 heteroatoms. The molecule has 3 aliphatic carbocycles. The van der Waals surface area contributed by atoms with Gasteiger partial charge in [-0.1, -0.05) is 20.8 Å². The van der Waals surface area contributed by atoms with E-state index < -0.39 is 34.9 Å². The number of ketones is 2. The minimum absolute atomic E-state index is 0.0199. The number of rotatable bonds is 2. The summed E-state index contributed by atoms with van der Waals surface area (Å²) in [6.45, 7) is 8.96. The minimum Gasteiger partial charge on any atom is -0.493 e. The number of fused-ring (bicyclic) bond motifs is 2. The van der Waals surface area contributed by atoms with Gasteiger partial charge in [0.05, 0.1) is 13.5 Å². The van der Waals surface area contributed by atoms with E-state index in [0.29, 0.717) is 12.8 Å². The van der Waals surface area contributed by atoms with Crippen LogP contribution in [0.5, 0.6) is 0 Å². The van der Waals surface area contributed by atoms with Gasteiger partial charge in [0.2, 0.25) is 5.78 Å². The first-order chi connectivity index (χ1) is 14.0. The quantitative estimate of drug-likeness (QED) is 0.636. The van der Waals surface area contributed by atoms with Crippen molar-refractivity contribution in [3.05, 3.63) is 11.3 Å². The molecule has 1 heterocycles. The Kier molecular flexibility index (Phi) is 4.68. The Morgan fingerprint density at radius 1 is 1.17 bits per heavy atom. The van der Waals surface area contributed by atoms with E-state index in [-0.39, 0.29) is 47.5 Å². The molecule has 0 radical (unpaired) electrons. The van der Waals surface area contributed by atoms with E-state index in [2.05, 4.69) is 0 Å². The van der Waals surface area contributed by atoms with Crippen LogP contribution >= 0.6 is 0 Å². The zero-order valence-electron chi connectivity index (χ0n) is 18.4. The van der Waals surface area contributed by atoms with Crippen molar-refractivity contribution in [1.82, 2.24) is 0 Å². The van der Waals surface area contributed by atoms with E-state index in [9.17, 15) is 19.2 Å². The van der Waals surface area contributed by atoms with Gasteiger partial charge in [-0.05, 0) is 37.2 Å². The van der Waals surface area contributed by atoms with Crippen LogP contribution in [0.4, 0.5) is 0 Å². The van der Waals surface area contributed by atoms with Gasteiger partial charge in [0, 0.05) is 29.6 Å². The third kappa shape index (κ3) is 2.50. The average molecular weight is 418 g/mol. The van der Waals surface area contributed by atoms with Gasteiger partial charge in [-0.15, -0.1) is 0 Å². The maximum atomic E-state index is 13.8. The van der Waals surface area contributed by atoms with Gasteiger partial charge >= 0.3 is 11.9 Å². The lowest BCUT2D eigenvalue weighted by molar-refractivity contribution is -0.225. The second-order valence-corrected chi connectivity index (χ2v) is 9.91. The largest absolute Gasteiger partial charge is 0.493 e. The highest BCUT2D eigenvalue weighted by Gasteiger charge is 2.72. The maximum absolute atomic E-state index is 13.8. The van der Waals surface area contributed by atoms with E-state index in [1.165, 1.54) is 14.0 Å². The number of methoxy groups -OCH3 is 1. The normalized spacial score (nSPS) is 45.3. The first-order valence-electron chi connectivity index (χ1n) is 10.7. The molecule has 7 nitrogen and oxygen atoms in total. The number of ether oxygens (including phenoxy) is 3. The van der Waals surface area contributed by atoms with Gasteiger partial charge < -0.3 is 14.2 Å². The first-order valence-corrected chi connectivity index (χ1v) is 10.7. The molecule has 0 spiro atoms. The highest BCUT2D eigenvalue weighted by Crippen LogP contribution is 2.67. The zero-order valence-corrected chi connectivity index (χ0v) is 18.4. The molecule has 0 aromatic carbocycles. The zero-order chi connectivity index (χ0) is 22.2. The Balaban J connectivity index is 1.92. The molecule has 8 atom stereocenters. The Labute approximate surface area is 176 Å². The predicted molar refractivity (Wildman–Crippen MR) is 105 cm³/mol. The van der Waals surface area contributed by atoms with Gasteiger partial charge in [0.25, 0.3) is 0 Å². The van der Waals surface area contributed by atoms with Crippen LogP contribution in [-0.4, -0.2) is 42.8 Å². The van der Waals surface area contributed by atoms with Crippen molar-refractivity contribution in [1.29, 1.82) is 0 Å². The van der Waals surface area contributed by atoms with Gasteiger partial charge in [-0.3, -0.25) is 19.2 Å². The third-order valence-electron chi connectivity index (χ3n) is 8.52. The van der Waals surface area contributed by atoms with Crippen LogP contribution in [0.1, 0.15) is 53.9 Å². The van der Waals surface area contributed by atoms with Gasteiger partial charge in [0.15, 0.2) is 17.6 Å². The second-order valence-electron chi connectivity index (χ2n) is 9.91. The van der Waals surface area contributed by atoms with Crippen molar-refractivity contribution in [2.45, 2.75) is 66.1 Å². The van der Waals surface area contributed by atoms with E-state index in [1.54, 1.807) is 0 Å². The first kappa shape index (κ1) is 21.1. The lowest BCUT2D eigenvalue weighted by Crippen LogP contribution is -2.70. The number of carbonyl (C=O) groups is 4. The van der Waals surface area contributed by atoms with E-state index in [4.69, 9.17) is 14.2 Å². The molecule has 3 fully saturated rings. The SMILES string of the molecule is COC1=C(C)[C@@H]2CC(=O)O[C@H]3C[C@H]4[C@H](C)C[C@H](OC(C)=O)C(=O)[C@]4(C)[C@@H](C1=O)[C@@]32C. The van der Waals surface area contributed by atoms with Gasteiger partial charge in [-0.2, -0.15) is 0 Å². The molecule has 2 saturated carbocycles. The summed E-state index contributed by atoms with van der Waals surface area (Å²) in [7, 11) is 1.45. The lowest BCUT2D eigenvalue weighted by atomic mass is 9.39. The summed E-state index contributed by atoms with van der Waals surface area (Å²) in [6, 6.07) is 0. The Hall–Kier alpha value is -2.18. The molecule has 0 unspecified atom stereocenters. The topological polar surface area (TPSA) is 96.0 Å². The van der Waals surface area contributed by atoms with E-state index >= 15 is 0 Å².